The summed E-state index contributed by atoms with van der Waals surface area (Å²) in [5.41, 5.74) is 0.487. The normalized spacial score (nSPS) is 47.6. The van der Waals surface area contributed by atoms with Crippen molar-refractivity contribution in [3.05, 3.63) is 11.6 Å². The molecule has 0 aromatic carbocycles. The van der Waals surface area contributed by atoms with Crippen LogP contribution in [0.5, 0.6) is 0 Å². The maximum absolute atomic E-state index is 12.0. The standard InChI is InChI=1S/C24H36O5/c1-13(4-9-22(28)29)17-7-8-18-16-6-5-14-10-15(25)11-20(26)23(14,2)19(16)12-21(27)24(17,18)3/h10,13,16-21,26-27H,4-9,11-12H2,1-3H3,(H,28,29)/t13?,16?,17?,18?,19?,20?,21?,23-,24+/m1/s1. The third-order valence-corrected chi connectivity index (χ3v) is 9.75. The highest BCUT2D eigenvalue weighted by Crippen LogP contribution is 2.67. The molecule has 5 heteroatoms. The molecular weight excluding hydrogens is 368 g/mol. The summed E-state index contributed by atoms with van der Waals surface area (Å²) in [6, 6.07) is 0. The van der Waals surface area contributed by atoms with E-state index in [1.807, 2.05) is 0 Å². The Labute approximate surface area is 173 Å². The molecule has 3 saturated carbocycles. The highest BCUT2D eigenvalue weighted by Gasteiger charge is 2.64. The van der Waals surface area contributed by atoms with Crippen molar-refractivity contribution in [3.63, 3.8) is 0 Å². The van der Waals surface area contributed by atoms with Crippen molar-refractivity contribution in [2.24, 2.45) is 40.4 Å². The molecule has 0 radical (unpaired) electrons. The zero-order valence-electron chi connectivity index (χ0n) is 17.9. The van der Waals surface area contributed by atoms with Crippen LogP contribution in [0.2, 0.25) is 0 Å². The third-order valence-electron chi connectivity index (χ3n) is 9.75. The largest absolute Gasteiger partial charge is 0.481 e. The Morgan fingerprint density at radius 2 is 1.90 bits per heavy atom. The van der Waals surface area contributed by atoms with E-state index in [0.29, 0.717) is 30.6 Å². The van der Waals surface area contributed by atoms with Crippen LogP contribution in [0.15, 0.2) is 11.6 Å². The minimum atomic E-state index is -0.749. The van der Waals surface area contributed by atoms with E-state index in [-0.39, 0.29) is 35.9 Å². The number of carbonyl (C=O) groups excluding carboxylic acids is 1. The SMILES string of the molecule is CC(CCC(=O)O)C1CCC2C3CCC4=CC(=O)CC(O)[C@@]4(C)C3CC(O)[C@@]12C. The lowest BCUT2D eigenvalue weighted by Crippen LogP contribution is -2.59. The Kier molecular flexibility index (Phi) is 5.22. The first kappa shape index (κ1) is 21.0. The van der Waals surface area contributed by atoms with Crippen molar-refractivity contribution in [2.75, 3.05) is 0 Å². The van der Waals surface area contributed by atoms with Crippen LogP contribution >= 0.6 is 0 Å². The van der Waals surface area contributed by atoms with Gasteiger partial charge in [-0.05, 0) is 79.6 Å². The molecule has 3 N–H and O–H groups in total. The van der Waals surface area contributed by atoms with Crippen LogP contribution in [0.25, 0.3) is 0 Å². The molecule has 0 aliphatic heterocycles. The Hall–Kier alpha value is -1.20. The minimum Gasteiger partial charge on any atom is -0.481 e. The van der Waals surface area contributed by atoms with E-state index in [2.05, 4.69) is 20.8 Å². The van der Waals surface area contributed by atoms with Crippen molar-refractivity contribution in [2.45, 2.75) is 84.3 Å². The highest BCUT2D eigenvalue weighted by molar-refractivity contribution is 5.92. The quantitative estimate of drug-likeness (QED) is 0.666. The number of carboxylic acids is 1. The van der Waals surface area contributed by atoms with E-state index < -0.39 is 23.6 Å². The van der Waals surface area contributed by atoms with Gasteiger partial charge in [-0.2, -0.15) is 0 Å². The summed E-state index contributed by atoms with van der Waals surface area (Å²) in [5.74, 6) is 0.942. The van der Waals surface area contributed by atoms with Gasteiger partial charge in [0, 0.05) is 18.3 Å². The fraction of sp³-hybridized carbons (Fsp3) is 0.833. The summed E-state index contributed by atoms with van der Waals surface area (Å²) < 4.78 is 0. The number of hydrogen-bond donors (Lipinski definition) is 3. The van der Waals surface area contributed by atoms with Crippen LogP contribution in [0.4, 0.5) is 0 Å². The van der Waals surface area contributed by atoms with Crippen molar-refractivity contribution < 1.29 is 24.9 Å². The van der Waals surface area contributed by atoms with E-state index in [4.69, 9.17) is 5.11 Å². The lowest BCUT2D eigenvalue weighted by molar-refractivity contribution is -0.158. The molecule has 0 bridgehead atoms. The van der Waals surface area contributed by atoms with Gasteiger partial charge in [0.2, 0.25) is 0 Å². The molecule has 3 fully saturated rings. The lowest BCUT2D eigenvalue weighted by atomic mass is 9.45. The Balaban J connectivity index is 1.63. The molecule has 0 amide bonds. The summed E-state index contributed by atoms with van der Waals surface area (Å²) >= 11 is 0. The van der Waals surface area contributed by atoms with Crippen molar-refractivity contribution >= 4 is 11.8 Å². The first-order valence-corrected chi connectivity index (χ1v) is 11.4. The molecule has 4 rings (SSSR count). The monoisotopic (exact) mass is 404 g/mol. The van der Waals surface area contributed by atoms with Crippen molar-refractivity contribution in [3.8, 4) is 0 Å². The fourth-order valence-electron chi connectivity index (χ4n) is 8.09. The maximum Gasteiger partial charge on any atom is 0.303 e. The molecule has 0 spiro atoms. The van der Waals surface area contributed by atoms with E-state index in [1.165, 1.54) is 0 Å². The number of fused-ring (bicyclic) bond motifs is 5. The minimum absolute atomic E-state index is 0.0257. The molecule has 29 heavy (non-hydrogen) atoms. The number of aliphatic hydroxyl groups excluding tert-OH is 2. The number of rotatable bonds is 4. The Morgan fingerprint density at radius 1 is 1.17 bits per heavy atom. The van der Waals surface area contributed by atoms with Crippen LogP contribution in [-0.4, -0.2) is 39.3 Å². The average Bonchev–Trinajstić information content (AvgIpc) is 3.01. The van der Waals surface area contributed by atoms with Gasteiger partial charge in [0.05, 0.1) is 12.2 Å². The molecule has 162 valence electrons. The molecule has 4 aliphatic carbocycles. The smallest absolute Gasteiger partial charge is 0.303 e. The van der Waals surface area contributed by atoms with E-state index >= 15 is 0 Å². The molecule has 0 aromatic heterocycles. The average molecular weight is 405 g/mol. The van der Waals surface area contributed by atoms with Crippen LogP contribution in [0.1, 0.15) is 72.1 Å². The first-order chi connectivity index (χ1) is 13.6. The lowest BCUT2D eigenvalue weighted by Gasteiger charge is -2.61. The van der Waals surface area contributed by atoms with Crippen LogP contribution in [0.3, 0.4) is 0 Å². The third kappa shape index (κ3) is 3.03. The van der Waals surface area contributed by atoms with Gasteiger partial charge >= 0.3 is 5.97 Å². The second kappa shape index (κ2) is 7.19. The molecule has 0 saturated heterocycles. The number of ketones is 1. The molecule has 5 nitrogen and oxygen atoms in total. The summed E-state index contributed by atoms with van der Waals surface area (Å²) in [5, 5.41) is 31.4. The number of carbonyl (C=O) groups is 2. The number of aliphatic carboxylic acids is 1. The summed E-state index contributed by atoms with van der Waals surface area (Å²) in [6.45, 7) is 6.51. The molecule has 4 aliphatic rings. The topological polar surface area (TPSA) is 94.8 Å². The summed E-state index contributed by atoms with van der Waals surface area (Å²) in [6.07, 6.45) is 6.37. The molecule has 0 heterocycles. The van der Waals surface area contributed by atoms with E-state index in [1.54, 1.807) is 6.08 Å². The van der Waals surface area contributed by atoms with Gasteiger partial charge < -0.3 is 15.3 Å². The van der Waals surface area contributed by atoms with Gasteiger partial charge in [0.25, 0.3) is 0 Å². The summed E-state index contributed by atoms with van der Waals surface area (Å²) in [4.78, 5) is 23.1. The molecular formula is C24H36O5. The van der Waals surface area contributed by atoms with Gasteiger partial charge in [0.15, 0.2) is 5.78 Å². The van der Waals surface area contributed by atoms with Gasteiger partial charge in [-0.3, -0.25) is 9.59 Å². The maximum atomic E-state index is 12.0. The number of hydrogen-bond acceptors (Lipinski definition) is 4. The van der Waals surface area contributed by atoms with Gasteiger partial charge in [-0.1, -0.05) is 26.3 Å². The predicted molar refractivity (Wildman–Crippen MR) is 109 cm³/mol. The van der Waals surface area contributed by atoms with E-state index in [9.17, 15) is 19.8 Å². The number of carboxylic acid groups (broad SMARTS) is 1. The first-order valence-electron chi connectivity index (χ1n) is 11.4. The van der Waals surface area contributed by atoms with Crippen molar-refractivity contribution in [1.82, 2.24) is 0 Å². The second-order valence-electron chi connectivity index (χ2n) is 10.8. The Bertz CT molecular complexity index is 729. The molecule has 9 atom stereocenters. The Morgan fingerprint density at radius 3 is 2.59 bits per heavy atom. The van der Waals surface area contributed by atoms with Crippen LogP contribution in [0, 0.1) is 40.4 Å². The van der Waals surface area contributed by atoms with Crippen molar-refractivity contribution in [1.29, 1.82) is 0 Å². The fourth-order valence-corrected chi connectivity index (χ4v) is 8.09. The van der Waals surface area contributed by atoms with Gasteiger partial charge in [0.1, 0.15) is 0 Å². The van der Waals surface area contributed by atoms with Crippen LogP contribution < -0.4 is 0 Å². The zero-order chi connectivity index (χ0) is 21.1. The molecule has 7 unspecified atom stereocenters. The number of aliphatic hydroxyl groups is 2. The second-order valence-corrected chi connectivity index (χ2v) is 10.8. The van der Waals surface area contributed by atoms with Crippen LogP contribution in [-0.2, 0) is 9.59 Å². The van der Waals surface area contributed by atoms with Gasteiger partial charge in [-0.15, -0.1) is 0 Å². The van der Waals surface area contributed by atoms with Gasteiger partial charge in [-0.25, -0.2) is 0 Å². The summed E-state index contributed by atoms with van der Waals surface area (Å²) in [7, 11) is 0. The molecule has 0 aromatic rings. The van der Waals surface area contributed by atoms with E-state index in [0.717, 1.165) is 31.3 Å². The predicted octanol–water partition coefficient (Wildman–Crippen LogP) is 3.58. The zero-order valence-corrected chi connectivity index (χ0v) is 17.9. The highest BCUT2D eigenvalue weighted by atomic mass is 16.4.